The number of aromatic nitrogens is 2. The van der Waals surface area contributed by atoms with Gasteiger partial charge in [-0.15, -0.1) is 0 Å². The Bertz CT molecular complexity index is 433. The molecular weight excluding hydrogens is 222 g/mol. The van der Waals surface area contributed by atoms with Gasteiger partial charge in [-0.3, -0.25) is 10.1 Å². The van der Waals surface area contributed by atoms with Crippen molar-refractivity contribution in [2.75, 3.05) is 17.2 Å². The highest BCUT2D eigenvalue weighted by molar-refractivity contribution is 5.69. The van der Waals surface area contributed by atoms with Crippen LogP contribution in [0.1, 0.15) is 26.2 Å². The van der Waals surface area contributed by atoms with Gasteiger partial charge in [-0.05, 0) is 19.3 Å². The molecule has 0 aromatic carbocycles. The quantitative estimate of drug-likeness (QED) is 0.613. The van der Waals surface area contributed by atoms with Crippen molar-refractivity contribution in [1.29, 1.82) is 0 Å². The van der Waals surface area contributed by atoms with Gasteiger partial charge >= 0.3 is 5.69 Å². The average Bonchev–Trinajstić information content (AvgIpc) is 3.08. The monoisotopic (exact) mass is 237 g/mol. The topological polar surface area (TPSA) is 98.2 Å². The molecule has 2 rings (SSSR count). The van der Waals surface area contributed by atoms with Gasteiger partial charge in [-0.2, -0.15) is 0 Å². The molecule has 0 saturated heterocycles. The molecule has 1 heterocycles. The number of rotatable bonds is 5. The van der Waals surface area contributed by atoms with E-state index in [1.807, 2.05) is 11.8 Å². The Morgan fingerprint density at radius 3 is 2.82 bits per heavy atom. The Hall–Kier alpha value is -1.92. The molecule has 1 aromatic rings. The van der Waals surface area contributed by atoms with Crippen LogP contribution in [0.15, 0.2) is 6.33 Å². The third kappa shape index (κ3) is 2.27. The average molecular weight is 237 g/mol. The largest absolute Gasteiger partial charge is 0.378 e. The molecule has 7 nitrogen and oxygen atoms in total. The van der Waals surface area contributed by atoms with Gasteiger partial charge < -0.3 is 10.6 Å². The molecule has 1 fully saturated rings. The van der Waals surface area contributed by atoms with Crippen molar-refractivity contribution in [3.8, 4) is 0 Å². The second-order valence-electron chi connectivity index (χ2n) is 4.11. The first-order valence-electron chi connectivity index (χ1n) is 5.66. The van der Waals surface area contributed by atoms with Crippen LogP contribution in [0.4, 0.5) is 17.3 Å². The van der Waals surface area contributed by atoms with E-state index < -0.39 is 4.92 Å². The molecule has 1 aliphatic carbocycles. The summed E-state index contributed by atoms with van der Waals surface area (Å²) in [5.41, 5.74) is 5.38. The minimum Gasteiger partial charge on any atom is -0.378 e. The number of nitrogens with zero attached hydrogens (tertiary/aromatic N) is 4. The smallest absolute Gasteiger partial charge is 0.353 e. The summed E-state index contributed by atoms with van der Waals surface area (Å²) in [4.78, 5) is 20.2. The van der Waals surface area contributed by atoms with Crippen LogP contribution in [0.5, 0.6) is 0 Å². The lowest BCUT2D eigenvalue weighted by atomic mass is 10.3. The van der Waals surface area contributed by atoms with Crippen molar-refractivity contribution in [1.82, 2.24) is 9.97 Å². The third-order valence-electron chi connectivity index (χ3n) is 2.74. The van der Waals surface area contributed by atoms with Crippen molar-refractivity contribution in [3.63, 3.8) is 0 Å². The first-order valence-corrected chi connectivity index (χ1v) is 5.66. The molecule has 92 valence electrons. The normalized spacial score (nSPS) is 14.6. The van der Waals surface area contributed by atoms with Gasteiger partial charge in [0.1, 0.15) is 6.33 Å². The Kier molecular flexibility index (Phi) is 3.08. The van der Waals surface area contributed by atoms with Crippen LogP contribution in [0.3, 0.4) is 0 Å². The lowest BCUT2D eigenvalue weighted by Gasteiger charge is -2.22. The number of nitrogens with two attached hydrogens (primary N) is 1. The maximum absolute atomic E-state index is 11.0. The zero-order chi connectivity index (χ0) is 12.4. The molecule has 2 N–H and O–H groups in total. The number of nitrogen functional groups attached to an aromatic ring is 1. The zero-order valence-electron chi connectivity index (χ0n) is 9.67. The molecule has 0 bridgehead atoms. The molecule has 0 aliphatic heterocycles. The summed E-state index contributed by atoms with van der Waals surface area (Å²) < 4.78 is 0. The fourth-order valence-corrected chi connectivity index (χ4v) is 1.86. The van der Waals surface area contributed by atoms with Gasteiger partial charge in [-0.1, -0.05) is 6.92 Å². The second-order valence-corrected chi connectivity index (χ2v) is 4.11. The van der Waals surface area contributed by atoms with Crippen molar-refractivity contribution < 1.29 is 4.92 Å². The highest BCUT2D eigenvalue weighted by Crippen LogP contribution is 2.37. The first-order chi connectivity index (χ1) is 8.15. The molecule has 7 heteroatoms. The SMILES string of the molecule is CCCN(c1ncnc(N)c1[N+](=O)[O-])C1CC1. The maximum Gasteiger partial charge on any atom is 0.353 e. The summed E-state index contributed by atoms with van der Waals surface area (Å²) in [6, 6.07) is 0.364. The van der Waals surface area contributed by atoms with Gasteiger partial charge in [-0.25, -0.2) is 9.97 Å². The summed E-state index contributed by atoms with van der Waals surface area (Å²) in [6.07, 6.45) is 4.31. The molecule has 0 amide bonds. The fraction of sp³-hybridized carbons (Fsp3) is 0.600. The van der Waals surface area contributed by atoms with E-state index in [2.05, 4.69) is 9.97 Å². The molecule has 0 unspecified atom stereocenters. The molecular formula is C10H15N5O2. The molecule has 0 spiro atoms. The molecule has 17 heavy (non-hydrogen) atoms. The van der Waals surface area contributed by atoms with Crippen LogP contribution >= 0.6 is 0 Å². The van der Waals surface area contributed by atoms with E-state index in [4.69, 9.17) is 5.73 Å². The number of hydrogen-bond donors (Lipinski definition) is 1. The summed E-state index contributed by atoms with van der Waals surface area (Å²) in [7, 11) is 0. The number of nitro groups is 1. The van der Waals surface area contributed by atoms with E-state index >= 15 is 0 Å². The van der Waals surface area contributed by atoms with Crippen molar-refractivity contribution >= 4 is 17.3 Å². The van der Waals surface area contributed by atoms with Crippen LogP contribution in [0.2, 0.25) is 0 Å². The molecule has 0 radical (unpaired) electrons. The third-order valence-corrected chi connectivity index (χ3v) is 2.74. The minimum absolute atomic E-state index is 0.0678. The van der Waals surface area contributed by atoms with E-state index in [-0.39, 0.29) is 11.5 Å². The van der Waals surface area contributed by atoms with E-state index in [1.54, 1.807) is 0 Å². The van der Waals surface area contributed by atoms with E-state index in [1.165, 1.54) is 6.33 Å². The summed E-state index contributed by atoms with van der Waals surface area (Å²) in [6.45, 7) is 2.79. The first kappa shape index (κ1) is 11.6. The highest BCUT2D eigenvalue weighted by atomic mass is 16.6. The van der Waals surface area contributed by atoms with Gasteiger partial charge in [0, 0.05) is 12.6 Å². The molecule has 0 atom stereocenters. The predicted molar refractivity (Wildman–Crippen MR) is 63.8 cm³/mol. The Morgan fingerprint density at radius 1 is 1.59 bits per heavy atom. The van der Waals surface area contributed by atoms with Crippen molar-refractivity contribution in [2.24, 2.45) is 0 Å². The fourth-order valence-electron chi connectivity index (χ4n) is 1.86. The van der Waals surface area contributed by atoms with Crippen LogP contribution in [0.25, 0.3) is 0 Å². The van der Waals surface area contributed by atoms with Crippen molar-refractivity contribution in [3.05, 3.63) is 16.4 Å². The maximum atomic E-state index is 11.0. The Balaban J connectivity index is 2.41. The molecule has 1 saturated carbocycles. The Morgan fingerprint density at radius 2 is 2.29 bits per heavy atom. The second kappa shape index (κ2) is 4.52. The standard InChI is InChI=1S/C10H15N5O2/c1-2-5-14(7-3-4-7)10-8(15(16)17)9(11)12-6-13-10/h6-7H,2-5H2,1H3,(H2,11,12,13). The van der Waals surface area contributed by atoms with E-state index in [0.29, 0.717) is 11.9 Å². The summed E-state index contributed by atoms with van der Waals surface area (Å²) in [5, 5.41) is 11.0. The highest BCUT2D eigenvalue weighted by Gasteiger charge is 2.34. The van der Waals surface area contributed by atoms with Gasteiger partial charge in [0.25, 0.3) is 0 Å². The molecule has 1 aliphatic rings. The van der Waals surface area contributed by atoms with E-state index in [9.17, 15) is 10.1 Å². The van der Waals surface area contributed by atoms with Gasteiger partial charge in [0.2, 0.25) is 11.6 Å². The van der Waals surface area contributed by atoms with Crippen LogP contribution in [-0.2, 0) is 0 Å². The summed E-state index contributed by atoms with van der Waals surface area (Å²) >= 11 is 0. The molecule has 1 aromatic heterocycles. The van der Waals surface area contributed by atoms with Gasteiger partial charge in [0.05, 0.1) is 4.92 Å². The van der Waals surface area contributed by atoms with Crippen LogP contribution < -0.4 is 10.6 Å². The minimum atomic E-state index is -0.504. The van der Waals surface area contributed by atoms with Gasteiger partial charge in [0.15, 0.2) is 0 Å². The number of anilines is 2. The van der Waals surface area contributed by atoms with Crippen molar-refractivity contribution in [2.45, 2.75) is 32.2 Å². The lowest BCUT2D eigenvalue weighted by molar-refractivity contribution is -0.383. The van der Waals surface area contributed by atoms with E-state index in [0.717, 1.165) is 25.8 Å². The van der Waals surface area contributed by atoms with Crippen LogP contribution in [-0.4, -0.2) is 27.5 Å². The predicted octanol–water partition coefficient (Wildman–Crippen LogP) is 1.35. The zero-order valence-corrected chi connectivity index (χ0v) is 9.67. The number of hydrogen-bond acceptors (Lipinski definition) is 6. The summed E-state index contributed by atoms with van der Waals surface area (Å²) in [5.74, 6) is 0.286. The Labute approximate surface area is 98.8 Å². The van der Waals surface area contributed by atoms with Crippen LogP contribution in [0, 0.1) is 10.1 Å². The lowest BCUT2D eigenvalue weighted by Crippen LogP contribution is -2.28.